The van der Waals surface area contributed by atoms with Crippen molar-refractivity contribution < 1.29 is 69.2 Å². The van der Waals surface area contributed by atoms with E-state index in [4.69, 9.17) is 0 Å². The molecule has 2 nitrogen and oxygen atoms in total. The van der Waals surface area contributed by atoms with Crippen LogP contribution in [0.25, 0.3) is 0 Å². The van der Waals surface area contributed by atoms with Crippen molar-refractivity contribution in [1.82, 2.24) is 0 Å². The van der Waals surface area contributed by atoms with E-state index in [1.807, 2.05) is 6.07 Å². The van der Waals surface area contributed by atoms with Crippen LogP contribution < -0.4 is 74.6 Å². The van der Waals surface area contributed by atoms with Crippen LogP contribution in [0.2, 0.25) is 0 Å². The molecule has 1 aromatic rings. The second-order valence-electron chi connectivity index (χ2n) is 2.64. The molecular weight excluding hydrogens is 185 g/mol. The largest absolute Gasteiger partial charge is 1.00 e. The summed E-state index contributed by atoms with van der Waals surface area (Å²) in [6, 6.07) is 5.41. The molecule has 1 rings (SSSR count). The maximum absolute atomic E-state index is 10.6. The summed E-state index contributed by atoms with van der Waals surface area (Å²) >= 11 is 0. The molecule has 5 heteroatoms. The van der Waals surface area contributed by atoms with Gasteiger partial charge in [0.1, 0.15) is 0 Å². The molecule has 58 valence electrons. The second kappa shape index (κ2) is 7.49. The average Bonchev–Trinajstić information content (AvgIpc) is 1.85. The summed E-state index contributed by atoms with van der Waals surface area (Å²) in [7, 11) is -1.85. The first-order chi connectivity index (χ1) is 5.13. The number of hydrogen-bond acceptors (Lipinski definition) is 2. The molecule has 0 unspecified atom stereocenters. The first-order valence-corrected chi connectivity index (χ1v) is 3.50. The van der Waals surface area contributed by atoms with E-state index in [1.165, 1.54) is 0 Å². The molecule has 0 atom stereocenters. The third kappa shape index (κ3) is 4.49. The van der Waals surface area contributed by atoms with E-state index in [0.29, 0.717) is 5.46 Å². The van der Waals surface area contributed by atoms with Crippen LogP contribution in [0.5, 0.6) is 0 Å². The van der Waals surface area contributed by atoms with Crippen LogP contribution in [0.4, 0.5) is 0 Å². The maximum atomic E-state index is 10.6. The number of benzene rings is 1. The SMILES string of the molecule is Cc1cccc(C)c1B([O-])[O-].[Na+].[Na+]. The Bertz CT molecular complexity index is 246. The van der Waals surface area contributed by atoms with E-state index < -0.39 is 7.12 Å². The predicted octanol–water partition coefficient (Wildman–Crippen LogP) is -7.27. The Labute approximate surface area is 123 Å². The van der Waals surface area contributed by atoms with E-state index in [9.17, 15) is 10.0 Å². The van der Waals surface area contributed by atoms with Crippen molar-refractivity contribution in [3.63, 3.8) is 0 Å². The van der Waals surface area contributed by atoms with Crippen molar-refractivity contribution in [3.8, 4) is 0 Å². The third-order valence-corrected chi connectivity index (χ3v) is 1.78. The summed E-state index contributed by atoms with van der Waals surface area (Å²) in [5.74, 6) is 0. The molecule has 0 aliphatic heterocycles. The molecule has 0 aliphatic carbocycles. The summed E-state index contributed by atoms with van der Waals surface area (Å²) in [6.07, 6.45) is 0. The van der Waals surface area contributed by atoms with Gasteiger partial charge in [-0.15, -0.1) is 5.46 Å². The Morgan fingerprint density at radius 2 is 1.38 bits per heavy atom. The van der Waals surface area contributed by atoms with E-state index in [-0.39, 0.29) is 59.1 Å². The number of rotatable bonds is 1. The molecule has 13 heavy (non-hydrogen) atoms. The maximum Gasteiger partial charge on any atom is 1.00 e. The molecule has 0 bridgehead atoms. The Morgan fingerprint density at radius 3 is 1.62 bits per heavy atom. The van der Waals surface area contributed by atoms with Gasteiger partial charge in [0.15, 0.2) is 0 Å². The van der Waals surface area contributed by atoms with Gasteiger partial charge >= 0.3 is 59.1 Å². The molecular formula is C8H9BNa2O2. The van der Waals surface area contributed by atoms with Crippen molar-refractivity contribution in [2.45, 2.75) is 13.8 Å². The zero-order chi connectivity index (χ0) is 8.43. The van der Waals surface area contributed by atoms with E-state index in [2.05, 4.69) is 0 Å². The molecule has 0 saturated heterocycles. The number of aryl methyl sites for hydroxylation is 2. The second-order valence-corrected chi connectivity index (χ2v) is 2.64. The van der Waals surface area contributed by atoms with E-state index in [0.717, 1.165) is 11.1 Å². The van der Waals surface area contributed by atoms with Crippen LogP contribution in [-0.4, -0.2) is 7.12 Å². The van der Waals surface area contributed by atoms with Gasteiger partial charge in [-0.3, -0.25) is 0 Å². The van der Waals surface area contributed by atoms with Gasteiger partial charge in [0.2, 0.25) is 0 Å². The van der Waals surface area contributed by atoms with Crippen LogP contribution in [0.3, 0.4) is 0 Å². The fraction of sp³-hybridized carbons (Fsp3) is 0.250. The summed E-state index contributed by atoms with van der Waals surface area (Å²) in [5.41, 5.74) is 1.98. The molecule has 0 saturated carbocycles. The summed E-state index contributed by atoms with van der Waals surface area (Å²) < 4.78 is 0. The van der Waals surface area contributed by atoms with Crippen molar-refractivity contribution in [1.29, 1.82) is 0 Å². The van der Waals surface area contributed by atoms with Crippen LogP contribution >= 0.6 is 0 Å². The van der Waals surface area contributed by atoms with Gasteiger partial charge in [-0.1, -0.05) is 36.4 Å². The van der Waals surface area contributed by atoms with Crippen molar-refractivity contribution in [2.24, 2.45) is 0 Å². The first-order valence-electron chi connectivity index (χ1n) is 3.50. The Morgan fingerprint density at radius 1 is 1.00 bits per heavy atom. The van der Waals surface area contributed by atoms with Gasteiger partial charge in [-0.25, -0.2) is 0 Å². The molecule has 0 aliphatic rings. The molecule has 0 amide bonds. The zero-order valence-corrected chi connectivity index (χ0v) is 12.6. The minimum Gasteiger partial charge on any atom is -0.889 e. The minimum absolute atomic E-state index is 0. The fourth-order valence-corrected chi connectivity index (χ4v) is 1.20. The van der Waals surface area contributed by atoms with Gasteiger partial charge in [-0.05, 0) is 13.8 Å². The molecule has 0 fully saturated rings. The Kier molecular flexibility index (Phi) is 9.58. The quantitative estimate of drug-likeness (QED) is 0.417. The van der Waals surface area contributed by atoms with Gasteiger partial charge < -0.3 is 10.0 Å². The standard InChI is InChI=1S/C8H9BO2.2Na/c1-6-4-3-5-7(2)8(6)9(10)11;;/h3-5H,1-2H3;;/q-2;2*+1. The van der Waals surface area contributed by atoms with Crippen LogP contribution in [0.15, 0.2) is 18.2 Å². The van der Waals surface area contributed by atoms with Crippen molar-refractivity contribution in [3.05, 3.63) is 29.3 Å². The average molecular weight is 194 g/mol. The summed E-state index contributed by atoms with van der Waals surface area (Å²) in [6.45, 7) is 3.57. The zero-order valence-electron chi connectivity index (χ0n) is 8.63. The van der Waals surface area contributed by atoms with Crippen molar-refractivity contribution in [2.75, 3.05) is 0 Å². The monoisotopic (exact) mass is 194 g/mol. The molecule has 0 radical (unpaired) electrons. The predicted molar refractivity (Wildman–Crippen MR) is 41.3 cm³/mol. The van der Waals surface area contributed by atoms with Gasteiger partial charge in [0.25, 0.3) is 0 Å². The van der Waals surface area contributed by atoms with Crippen LogP contribution in [0.1, 0.15) is 11.1 Å². The molecule has 1 aromatic carbocycles. The van der Waals surface area contributed by atoms with Gasteiger partial charge in [0, 0.05) is 0 Å². The summed E-state index contributed by atoms with van der Waals surface area (Å²) in [4.78, 5) is 0. The first kappa shape index (κ1) is 16.6. The smallest absolute Gasteiger partial charge is 0.889 e. The van der Waals surface area contributed by atoms with Gasteiger partial charge in [0.05, 0.1) is 0 Å². The number of hydrogen-bond donors (Lipinski definition) is 0. The summed E-state index contributed by atoms with van der Waals surface area (Å²) in [5, 5.41) is 21.2. The Balaban J connectivity index is 0. The minimum atomic E-state index is -1.85. The van der Waals surface area contributed by atoms with Gasteiger partial charge in [-0.2, -0.15) is 0 Å². The van der Waals surface area contributed by atoms with Crippen molar-refractivity contribution >= 4 is 12.6 Å². The molecule has 0 heterocycles. The normalized spacial score (nSPS) is 8.31. The fourth-order valence-electron chi connectivity index (χ4n) is 1.20. The van der Waals surface area contributed by atoms with E-state index in [1.54, 1.807) is 26.0 Å². The Hall–Kier alpha value is 1.20. The van der Waals surface area contributed by atoms with Crippen LogP contribution in [0, 0.1) is 13.8 Å². The molecule has 0 N–H and O–H groups in total. The van der Waals surface area contributed by atoms with E-state index >= 15 is 0 Å². The van der Waals surface area contributed by atoms with Crippen LogP contribution in [-0.2, 0) is 0 Å². The third-order valence-electron chi connectivity index (χ3n) is 1.78. The molecule has 0 aromatic heterocycles. The topological polar surface area (TPSA) is 46.1 Å². The molecule has 0 spiro atoms.